The largest absolute Gasteiger partial charge is 0.385 e. The van der Waals surface area contributed by atoms with Crippen LogP contribution < -0.4 is 11.1 Å². The minimum atomic E-state index is -0.517. The van der Waals surface area contributed by atoms with Gasteiger partial charge in [0, 0.05) is 39.1 Å². The van der Waals surface area contributed by atoms with Gasteiger partial charge in [-0.15, -0.1) is 0 Å². The van der Waals surface area contributed by atoms with Gasteiger partial charge in [0.05, 0.1) is 12.2 Å². The number of ether oxygens (including phenoxy) is 1. The molecule has 1 aromatic rings. The predicted octanol–water partition coefficient (Wildman–Crippen LogP) is -0.600. The lowest BCUT2D eigenvalue weighted by molar-refractivity contribution is -0.122. The molecule has 1 unspecified atom stereocenters. The van der Waals surface area contributed by atoms with E-state index in [0.717, 1.165) is 5.56 Å². The Labute approximate surface area is 94.8 Å². The van der Waals surface area contributed by atoms with Crippen LogP contribution in [-0.4, -0.2) is 35.4 Å². The van der Waals surface area contributed by atoms with Crippen molar-refractivity contribution in [1.29, 1.82) is 0 Å². The fourth-order valence-electron chi connectivity index (χ4n) is 1.26. The van der Waals surface area contributed by atoms with Crippen molar-refractivity contribution in [2.24, 2.45) is 12.8 Å². The van der Waals surface area contributed by atoms with Gasteiger partial charge in [0.15, 0.2) is 0 Å². The zero-order valence-corrected chi connectivity index (χ0v) is 9.64. The number of carbonyl (C=O) groups excluding carboxylic acids is 1. The predicted molar refractivity (Wildman–Crippen MR) is 59.5 cm³/mol. The maximum atomic E-state index is 11.5. The summed E-state index contributed by atoms with van der Waals surface area (Å²) in [6.45, 7) is 0.939. The minimum absolute atomic E-state index is 0.166. The van der Waals surface area contributed by atoms with Crippen LogP contribution in [0.4, 0.5) is 0 Å². The monoisotopic (exact) mass is 226 g/mol. The summed E-state index contributed by atoms with van der Waals surface area (Å²) in [5, 5.41) is 6.75. The van der Waals surface area contributed by atoms with E-state index >= 15 is 0 Å². The third-order valence-electron chi connectivity index (χ3n) is 2.19. The topological polar surface area (TPSA) is 82.2 Å². The molecule has 1 aromatic heterocycles. The van der Waals surface area contributed by atoms with Crippen LogP contribution in [0.25, 0.3) is 0 Å². The quantitative estimate of drug-likeness (QED) is 0.678. The smallest absolute Gasteiger partial charge is 0.237 e. The highest BCUT2D eigenvalue weighted by molar-refractivity contribution is 5.81. The van der Waals surface area contributed by atoms with Gasteiger partial charge in [0.2, 0.25) is 5.91 Å². The first kappa shape index (κ1) is 12.7. The normalized spacial score (nSPS) is 12.4. The number of aromatic nitrogens is 2. The summed E-state index contributed by atoms with van der Waals surface area (Å²) in [6.07, 6.45) is 4.08. The second kappa shape index (κ2) is 6.24. The molecule has 1 atom stereocenters. The van der Waals surface area contributed by atoms with Gasteiger partial charge in [-0.3, -0.25) is 9.48 Å². The molecule has 1 amide bonds. The number of hydrogen-bond acceptors (Lipinski definition) is 4. The molecule has 0 saturated heterocycles. The highest BCUT2D eigenvalue weighted by atomic mass is 16.5. The van der Waals surface area contributed by atoms with E-state index in [2.05, 4.69) is 10.4 Å². The van der Waals surface area contributed by atoms with Crippen molar-refractivity contribution in [3.8, 4) is 0 Å². The van der Waals surface area contributed by atoms with E-state index in [4.69, 9.17) is 10.5 Å². The van der Waals surface area contributed by atoms with E-state index in [1.807, 2.05) is 13.2 Å². The van der Waals surface area contributed by atoms with Crippen LogP contribution in [0.2, 0.25) is 0 Å². The first-order valence-electron chi connectivity index (χ1n) is 5.13. The van der Waals surface area contributed by atoms with Crippen LogP contribution in [0.1, 0.15) is 12.0 Å². The Hall–Kier alpha value is -1.40. The fraction of sp³-hybridized carbons (Fsp3) is 0.600. The number of nitrogens with zero attached hydrogens (tertiary/aromatic N) is 2. The van der Waals surface area contributed by atoms with Crippen molar-refractivity contribution in [3.63, 3.8) is 0 Å². The van der Waals surface area contributed by atoms with Crippen LogP contribution in [0.15, 0.2) is 12.4 Å². The van der Waals surface area contributed by atoms with Gasteiger partial charge in [-0.05, 0) is 6.42 Å². The lowest BCUT2D eigenvalue weighted by atomic mass is 10.2. The number of hydrogen-bond donors (Lipinski definition) is 2. The first-order chi connectivity index (χ1) is 7.63. The summed E-state index contributed by atoms with van der Waals surface area (Å²) in [5.41, 5.74) is 6.61. The van der Waals surface area contributed by atoms with Gasteiger partial charge in [-0.1, -0.05) is 0 Å². The van der Waals surface area contributed by atoms with Crippen LogP contribution in [0, 0.1) is 0 Å². The molecule has 0 radical (unpaired) electrons. The Balaban J connectivity index is 2.29. The van der Waals surface area contributed by atoms with Crippen molar-refractivity contribution in [2.75, 3.05) is 13.7 Å². The molecule has 0 fully saturated rings. The Morgan fingerprint density at radius 3 is 3.06 bits per heavy atom. The number of nitrogens with two attached hydrogens (primary N) is 1. The van der Waals surface area contributed by atoms with Gasteiger partial charge >= 0.3 is 0 Å². The zero-order chi connectivity index (χ0) is 12.0. The highest BCUT2D eigenvalue weighted by Crippen LogP contribution is 1.96. The van der Waals surface area contributed by atoms with Gasteiger partial charge in [-0.2, -0.15) is 5.10 Å². The van der Waals surface area contributed by atoms with Crippen LogP contribution >= 0.6 is 0 Å². The van der Waals surface area contributed by atoms with Crippen molar-refractivity contribution in [2.45, 2.75) is 19.0 Å². The molecular weight excluding hydrogens is 208 g/mol. The van der Waals surface area contributed by atoms with Gasteiger partial charge < -0.3 is 15.8 Å². The standard InChI is InChI=1S/C10H18N4O2/c1-14-7-8(6-13-14)5-12-10(15)9(11)3-4-16-2/h6-7,9H,3-5,11H2,1-2H3,(H,12,15). The molecule has 0 bridgehead atoms. The van der Waals surface area contributed by atoms with Crippen molar-refractivity contribution in [1.82, 2.24) is 15.1 Å². The van der Waals surface area contributed by atoms with Crippen molar-refractivity contribution in [3.05, 3.63) is 18.0 Å². The lowest BCUT2D eigenvalue weighted by Crippen LogP contribution is -2.40. The zero-order valence-electron chi connectivity index (χ0n) is 9.64. The van der Waals surface area contributed by atoms with Crippen molar-refractivity contribution >= 4 is 5.91 Å². The Morgan fingerprint density at radius 2 is 2.50 bits per heavy atom. The van der Waals surface area contributed by atoms with Crippen LogP contribution in [0.3, 0.4) is 0 Å². The second-order valence-electron chi connectivity index (χ2n) is 3.63. The SMILES string of the molecule is COCCC(N)C(=O)NCc1cnn(C)c1. The maximum Gasteiger partial charge on any atom is 0.237 e. The average Bonchev–Trinajstić information content (AvgIpc) is 2.68. The van der Waals surface area contributed by atoms with Gasteiger partial charge in [0.1, 0.15) is 0 Å². The summed E-state index contributed by atoms with van der Waals surface area (Å²) in [7, 11) is 3.41. The highest BCUT2D eigenvalue weighted by Gasteiger charge is 2.12. The molecule has 90 valence electrons. The molecule has 0 aliphatic rings. The molecule has 6 nitrogen and oxygen atoms in total. The Morgan fingerprint density at radius 1 is 1.75 bits per heavy atom. The third kappa shape index (κ3) is 4.00. The molecule has 6 heteroatoms. The third-order valence-corrected chi connectivity index (χ3v) is 2.19. The van der Waals surface area contributed by atoms with E-state index in [9.17, 15) is 4.79 Å². The molecule has 0 aliphatic carbocycles. The number of methoxy groups -OCH3 is 1. The first-order valence-corrected chi connectivity index (χ1v) is 5.13. The number of rotatable bonds is 6. The summed E-state index contributed by atoms with van der Waals surface area (Å²) < 4.78 is 6.54. The van der Waals surface area contributed by atoms with Crippen molar-refractivity contribution < 1.29 is 9.53 Å². The maximum absolute atomic E-state index is 11.5. The minimum Gasteiger partial charge on any atom is -0.385 e. The van der Waals surface area contributed by atoms with E-state index in [1.54, 1.807) is 18.0 Å². The molecule has 1 rings (SSSR count). The van der Waals surface area contributed by atoms with Crippen LogP contribution in [-0.2, 0) is 23.1 Å². The van der Waals surface area contributed by atoms with Gasteiger partial charge in [-0.25, -0.2) is 0 Å². The molecule has 0 aromatic carbocycles. The fourth-order valence-corrected chi connectivity index (χ4v) is 1.26. The molecule has 0 saturated carbocycles. The average molecular weight is 226 g/mol. The molecule has 0 aliphatic heterocycles. The van der Waals surface area contributed by atoms with E-state index in [1.165, 1.54) is 0 Å². The number of amides is 1. The summed E-state index contributed by atoms with van der Waals surface area (Å²) >= 11 is 0. The Kier molecular flexibility index (Phi) is 4.94. The molecule has 16 heavy (non-hydrogen) atoms. The molecule has 3 N–H and O–H groups in total. The summed E-state index contributed by atoms with van der Waals surface area (Å²) in [6, 6.07) is -0.517. The van der Waals surface area contributed by atoms with E-state index < -0.39 is 6.04 Å². The number of nitrogens with one attached hydrogen (secondary N) is 1. The van der Waals surface area contributed by atoms with E-state index in [0.29, 0.717) is 19.6 Å². The molecule has 0 spiro atoms. The molecule has 1 heterocycles. The molecular formula is C10H18N4O2. The number of aryl methyl sites for hydroxylation is 1. The summed E-state index contributed by atoms with van der Waals surface area (Å²) in [4.78, 5) is 11.5. The van der Waals surface area contributed by atoms with Gasteiger partial charge in [0.25, 0.3) is 0 Å². The Bertz CT molecular complexity index is 337. The lowest BCUT2D eigenvalue weighted by Gasteiger charge is -2.10. The second-order valence-corrected chi connectivity index (χ2v) is 3.63. The summed E-state index contributed by atoms with van der Waals surface area (Å²) in [5.74, 6) is -0.166. The van der Waals surface area contributed by atoms with E-state index in [-0.39, 0.29) is 5.91 Å². The van der Waals surface area contributed by atoms with Crippen LogP contribution in [0.5, 0.6) is 0 Å². The number of carbonyl (C=O) groups is 1.